The second-order valence-electron chi connectivity index (χ2n) is 8.83. The van der Waals surface area contributed by atoms with E-state index >= 15 is 0 Å². The van der Waals surface area contributed by atoms with Crippen LogP contribution in [0.25, 0.3) is 16.9 Å². The molecular weight excluding hydrogens is 400 g/mol. The molecule has 0 spiro atoms. The number of rotatable bonds is 4. The van der Waals surface area contributed by atoms with Crippen molar-refractivity contribution in [2.24, 2.45) is 0 Å². The summed E-state index contributed by atoms with van der Waals surface area (Å²) in [5.41, 5.74) is 8.89. The van der Waals surface area contributed by atoms with Crippen LogP contribution >= 0.6 is 0 Å². The van der Waals surface area contributed by atoms with Gasteiger partial charge in [-0.1, -0.05) is 109 Å². The molecular formula is C31H26N2. The van der Waals surface area contributed by atoms with Crippen LogP contribution in [0.4, 0.5) is 0 Å². The third-order valence-electron chi connectivity index (χ3n) is 6.85. The van der Waals surface area contributed by atoms with Crippen LogP contribution in [-0.2, 0) is 6.42 Å². The van der Waals surface area contributed by atoms with E-state index in [1.165, 1.54) is 27.9 Å². The molecule has 0 bridgehead atoms. The number of hydrogen-bond acceptors (Lipinski definition) is 1. The van der Waals surface area contributed by atoms with Crippen molar-refractivity contribution in [3.63, 3.8) is 0 Å². The number of nitrogens with zero attached hydrogens (tertiary/aromatic N) is 2. The maximum atomic E-state index is 5.25. The van der Waals surface area contributed by atoms with Crippen molar-refractivity contribution in [3.8, 4) is 16.9 Å². The Labute approximate surface area is 195 Å². The highest BCUT2D eigenvalue weighted by Crippen LogP contribution is 2.47. The van der Waals surface area contributed by atoms with E-state index in [1.807, 2.05) is 0 Å². The van der Waals surface area contributed by atoms with E-state index in [0.717, 1.165) is 24.2 Å². The van der Waals surface area contributed by atoms with Gasteiger partial charge in [0, 0.05) is 22.7 Å². The van der Waals surface area contributed by atoms with E-state index in [2.05, 4.69) is 126 Å². The molecule has 4 aromatic carbocycles. The van der Waals surface area contributed by atoms with Gasteiger partial charge in [-0.15, -0.1) is 0 Å². The van der Waals surface area contributed by atoms with Crippen LogP contribution in [0, 0.1) is 0 Å². The highest BCUT2D eigenvalue weighted by molar-refractivity contribution is 5.68. The lowest BCUT2D eigenvalue weighted by atomic mass is 9.73. The van der Waals surface area contributed by atoms with Crippen molar-refractivity contribution in [2.75, 3.05) is 0 Å². The first kappa shape index (κ1) is 19.8. The largest absolute Gasteiger partial charge is 0.237 e. The standard InChI is InChI=1S/C31H26N2/c1-5-13-23(14-6-1)26-21-28(24-15-7-2-8-16-24)30-29(22-26)33(27-19-11-4-12-20-27)32-31(30)25-17-9-3-10-18-25/h1-20,26,28H,21-22H2. The molecule has 33 heavy (non-hydrogen) atoms. The van der Waals surface area contributed by atoms with Gasteiger partial charge in [0.1, 0.15) is 0 Å². The SMILES string of the molecule is c1ccc(-c2nn(-c3ccccc3)c3c2C(c2ccccc2)CC(c2ccccc2)C3)cc1. The third kappa shape index (κ3) is 3.68. The minimum atomic E-state index is 0.299. The Kier molecular flexibility index (Phi) is 5.12. The lowest BCUT2D eigenvalue weighted by Crippen LogP contribution is -2.20. The molecule has 5 aromatic rings. The number of fused-ring (bicyclic) bond motifs is 1. The molecule has 1 heterocycles. The molecule has 6 rings (SSSR count). The monoisotopic (exact) mass is 426 g/mol. The Morgan fingerprint density at radius 3 is 1.79 bits per heavy atom. The first-order chi connectivity index (χ1) is 16.4. The average molecular weight is 427 g/mol. The van der Waals surface area contributed by atoms with Crippen LogP contribution in [-0.4, -0.2) is 9.78 Å². The lowest BCUT2D eigenvalue weighted by Gasteiger charge is -2.31. The van der Waals surface area contributed by atoms with Gasteiger partial charge < -0.3 is 0 Å². The summed E-state index contributed by atoms with van der Waals surface area (Å²) >= 11 is 0. The summed E-state index contributed by atoms with van der Waals surface area (Å²) in [5, 5.41) is 5.25. The molecule has 2 nitrogen and oxygen atoms in total. The van der Waals surface area contributed by atoms with E-state index in [0.29, 0.717) is 11.8 Å². The number of benzene rings is 4. The van der Waals surface area contributed by atoms with Gasteiger partial charge in [-0.05, 0) is 42.0 Å². The fourth-order valence-electron chi connectivity index (χ4n) is 5.31. The zero-order valence-corrected chi connectivity index (χ0v) is 18.5. The molecule has 2 atom stereocenters. The van der Waals surface area contributed by atoms with Gasteiger partial charge in [-0.2, -0.15) is 5.10 Å². The average Bonchev–Trinajstić information content (AvgIpc) is 3.30. The fraction of sp³-hybridized carbons (Fsp3) is 0.129. The van der Waals surface area contributed by atoms with E-state index in [1.54, 1.807) is 0 Å². The predicted octanol–water partition coefficient (Wildman–Crippen LogP) is 7.40. The van der Waals surface area contributed by atoms with Gasteiger partial charge in [-0.3, -0.25) is 0 Å². The Morgan fingerprint density at radius 2 is 1.15 bits per heavy atom. The molecule has 1 aliphatic carbocycles. The molecule has 2 heteroatoms. The zero-order chi connectivity index (χ0) is 22.0. The minimum absolute atomic E-state index is 0.299. The van der Waals surface area contributed by atoms with Crippen molar-refractivity contribution < 1.29 is 0 Å². The zero-order valence-electron chi connectivity index (χ0n) is 18.5. The molecule has 0 radical (unpaired) electrons. The maximum Gasteiger partial charge on any atom is 0.0968 e. The summed E-state index contributed by atoms with van der Waals surface area (Å²) in [6.45, 7) is 0. The van der Waals surface area contributed by atoms with E-state index in [4.69, 9.17) is 5.10 Å². The van der Waals surface area contributed by atoms with Gasteiger partial charge in [-0.25, -0.2) is 4.68 Å². The van der Waals surface area contributed by atoms with Crippen LogP contribution < -0.4 is 0 Å². The first-order valence-electron chi connectivity index (χ1n) is 11.7. The fourth-order valence-corrected chi connectivity index (χ4v) is 5.31. The highest BCUT2D eigenvalue weighted by atomic mass is 15.3. The topological polar surface area (TPSA) is 17.8 Å². The third-order valence-corrected chi connectivity index (χ3v) is 6.85. The molecule has 1 aromatic heterocycles. The van der Waals surface area contributed by atoms with Gasteiger partial charge in [0.25, 0.3) is 0 Å². The molecule has 0 saturated heterocycles. The lowest BCUT2D eigenvalue weighted by molar-refractivity contribution is 0.523. The summed E-state index contributed by atoms with van der Waals surface area (Å²) < 4.78 is 2.20. The molecule has 160 valence electrons. The quantitative estimate of drug-likeness (QED) is 0.293. The molecule has 0 fully saturated rings. The van der Waals surface area contributed by atoms with Crippen LogP contribution in [0.3, 0.4) is 0 Å². The summed E-state index contributed by atoms with van der Waals surface area (Å²) in [6.07, 6.45) is 2.07. The van der Waals surface area contributed by atoms with Crippen LogP contribution in [0.15, 0.2) is 121 Å². The van der Waals surface area contributed by atoms with Gasteiger partial charge in [0.2, 0.25) is 0 Å². The van der Waals surface area contributed by atoms with E-state index in [-0.39, 0.29) is 0 Å². The Hall–Kier alpha value is -3.91. The number of para-hydroxylation sites is 1. The normalized spacial score (nSPS) is 17.5. The van der Waals surface area contributed by atoms with Crippen molar-refractivity contribution in [1.82, 2.24) is 9.78 Å². The summed E-state index contributed by atoms with van der Waals surface area (Å²) in [7, 11) is 0. The van der Waals surface area contributed by atoms with Gasteiger partial charge in [0.15, 0.2) is 0 Å². The molecule has 2 unspecified atom stereocenters. The molecule has 0 N–H and O–H groups in total. The molecule has 0 saturated carbocycles. The Bertz CT molecular complexity index is 1340. The van der Waals surface area contributed by atoms with Crippen molar-refractivity contribution in [3.05, 3.63) is 144 Å². The first-order valence-corrected chi connectivity index (χ1v) is 11.7. The Morgan fingerprint density at radius 1 is 0.606 bits per heavy atom. The smallest absolute Gasteiger partial charge is 0.0968 e. The van der Waals surface area contributed by atoms with Crippen molar-refractivity contribution >= 4 is 0 Å². The summed E-state index contributed by atoms with van der Waals surface area (Å²) in [6, 6.07) is 43.2. The Balaban J connectivity index is 1.60. The highest BCUT2D eigenvalue weighted by Gasteiger charge is 2.35. The van der Waals surface area contributed by atoms with Gasteiger partial charge in [0.05, 0.1) is 11.4 Å². The van der Waals surface area contributed by atoms with Crippen molar-refractivity contribution in [1.29, 1.82) is 0 Å². The second kappa shape index (κ2) is 8.55. The number of hydrogen-bond donors (Lipinski definition) is 0. The molecule has 0 amide bonds. The minimum Gasteiger partial charge on any atom is -0.237 e. The molecule has 1 aliphatic rings. The number of aromatic nitrogens is 2. The second-order valence-corrected chi connectivity index (χ2v) is 8.83. The van der Waals surface area contributed by atoms with Crippen LogP contribution in [0.5, 0.6) is 0 Å². The molecule has 0 aliphatic heterocycles. The summed E-state index contributed by atoms with van der Waals surface area (Å²) in [5.74, 6) is 0.750. The maximum absolute atomic E-state index is 5.25. The van der Waals surface area contributed by atoms with E-state index < -0.39 is 0 Å². The predicted molar refractivity (Wildman–Crippen MR) is 135 cm³/mol. The van der Waals surface area contributed by atoms with Crippen LogP contribution in [0.2, 0.25) is 0 Å². The van der Waals surface area contributed by atoms with Gasteiger partial charge >= 0.3 is 0 Å². The van der Waals surface area contributed by atoms with Crippen molar-refractivity contribution in [2.45, 2.75) is 24.7 Å². The summed E-state index contributed by atoms with van der Waals surface area (Å²) in [4.78, 5) is 0. The van der Waals surface area contributed by atoms with Crippen LogP contribution in [0.1, 0.15) is 40.6 Å². The van der Waals surface area contributed by atoms with E-state index in [9.17, 15) is 0 Å².